The van der Waals surface area contributed by atoms with Gasteiger partial charge in [0.1, 0.15) is 11.2 Å². The lowest BCUT2D eigenvalue weighted by Crippen LogP contribution is -2.09. The molecule has 56 heavy (non-hydrogen) atoms. The van der Waals surface area contributed by atoms with Crippen LogP contribution in [0.5, 0.6) is 0 Å². The predicted molar refractivity (Wildman–Crippen MR) is 229 cm³/mol. The van der Waals surface area contributed by atoms with E-state index in [1.54, 1.807) is 0 Å². The Labute approximate surface area is 324 Å². The van der Waals surface area contributed by atoms with Crippen LogP contribution in [0.4, 0.5) is 17.1 Å². The summed E-state index contributed by atoms with van der Waals surface area (Å²) in [5, 5.41) is 2.11. The summed E-state index contributed by atoms with van der Waals surface area (Å²) in [6.07, 6.45) is 0. The van der Waals surface area contributed by atoms with E-state index in [1.165, 1.54) is 11.1 Å². The van der Waals surface area contributed by atoms with E-state index in [0.29, 0.717) is 17.5 Å². The predicted octanol–water partition coefficient (Wildman–Crippen LogP) is 13.6. The molecule has 10 rings (SSSR count). The first-order valence-corrected chi connectivity index (χ1v) is 18.7. The molecule has 0 aliphatic rings. The SMILES string of the molecule is c1ccc(-c2ccc(N(c3ccccc3)c3ccc(-c4cccc5oc6cc(-c7nc(-c8ccccc8)nc(-c8ccccc8)n7)ccc6c45)cc3)cc2)cc1. The lowest BCUT2D eigenvalue weighted by Gasteiger charge is -2.26. The highest BCUT2D eigenvalue weighted by molar-refractivity contribution is 6.13. The maximum absolute atomic E-state index is 6.55. The number of fused-ring (bicyclic) bond motifs is 3. The van der Waals surface area contributed by atoms with Gasteiger partial charge in [-0.1, -0.05) is 152 Å². The molecule has 0 bridgehead atoms. The third-order valence-electron chi connectivity index (χ3n) is 10.1. The zero-order chi connectivity index (χ0) is 37.3. The molecule has 0 aliphatic carbocycles. The van der Waals surface area contributed by atoms with Gasteiger partial charge in [-0.25, -0.2) is 15.0 Å². The fourth-order valence-corrected chi connectivity index (χ4v) is 7.39. The Morgan fingerprint density at radius 3 is 1.34 bits per heavy atom. The molecular weight excluding hydrogens is 685 g/mol. The van der Waals surface area contributed by atoms with Crippen molar-refractivity contribution in [2.24, 2.45) is 0 Å². The fraction of sp³-hybridized carbons (Fsp3) is 0. The van der Waals surface area contributed by atoms with Crippen molar-refractivity contribution in [1.82, 2.24) is 15.0 Å². The Bertz CT molecular complexity index is 2870. The van der Waals surface area contributed by atoms with Crippen molar-refractivity contribution in [3.8, 4) is 56.4 Å². The summed E-state index contributed by atoms with van der Waals surface area (Å²) in [6.45, 7) is 0. The molecule has 0 aliphatic heterocycles. The van der Waals surface area contributed by atoms with Gasteiger partial charge in [-0.05, 0) is 76.9 Å². The summed E-state index contributed by atoms with van der Waals surface area (Å²) in [5.41, 5.74) is 12.2. The van der Waals surface area contributed by atoms with Crippen molar-refractivity contribution in [3.05, 3.63) is 206 Å². The van der Waals surface area contributed by atoms with Crippen molar-refractivity contribution in [2.45, 2.75) is 0 Å². The van der Waals surface area contributed by atoms with Crippen LogP contribution in [0.1, 0.15) is 0 Å². The Morgan fingerprint density at radius 2 is 0.768 bits per heavy atom. The molecule has 0 fully saturated rings. The van der Waals surface area contributed by atoms with E-state index < -0.39 is 0 Å². The van der Waals surface area contributed by atoms with Gasteiger partial charge in [0, 0.05) is 44.5 Å². The molecule has 0 N–H and O–H groups in total. The lowest BCUT2D eigenvalue weighted by molar-refractivity contribution is 0.669. The molecule has 10 aromatic rings. The van der Waals surface area contributed by atoms with Gasteiger partial charge < -0.3 is 9.32 Å². The molecule has 8 aromatic carbocycles. The maximum Gasteiger partial charge on any atom is 0.164 e. The van der Waals surface area contributed by atoms with Crippen LogP contribution < -0.4 is 4.90 Å². The van der Waals surface area contributed by atoms with Crippen LogP contribution in [-0.4, -0.2) is 15.0 Å². The minimum atomic E-state index is 0.591. The summed E-state index contributed by atoms with van der Waals surface area (Å²) >= 11 is 0. The highest BCUT2D eigenvalue weighted by Crippen LogP contribution is 2.41. The van der Waals surface area contributed by atoms with Crippen LogP contribution >= 0.6 is 0 Å². The Balaban J connectivity index is 1.02. The number of anilines is 3. The Kier molecular flexibility index (Phi) is 8.43. The number of benzene rings is 8. The van der Waals surface area contributed by atoms with E-state index in [9.17, 15) is 0 Å². The molecule has 5 nitrogen and oxygen atoms in total. The van der Waals surface area contributed by atoms with Crippen molar-refractivity contribution in [1.29, 1.82) is 0 Å². The van der Waals surface area contributed by atoms with E-state index in [0.717, 1.165) is 66.8 Å². The smallest absolute Gasteiger partial charge is 0.164 e. The number of para-hydroxylation sites is 1. The largest absolute Gasteiger partial charge is 0.456 e. The molecule has 264 valence electrons. The normalized spacial score (nSPS) is 11.2. The van der Waals surface area contributed by atoms with Crippen LogP contribution in [0.25, 0.3) is 78.4 Å². The molecule has 0 spiro atoms. The zero-order valence-corrected chi connectivity index (χ0v) is 30.3. The molecule has 0 unspecified atom stereocenters. The first-order valence-electron chi connectivity index (χ1n) is 18.7. The van der Waals surface area contributed by atoms with Crippen LogP contribution in [-0.2, 0) is 0 Å². The van der Waals surface area contributed by atoms with Gasteiger partial charge in [-0.3, -0.25) is 0 Å². The molecule has 5 heteroatoms. The fourth-order valence-electron chi connectivity index (χ4n) is 7.39. The lowest BCUT2D eigenvalue weighted by atomic mass is 9.98. The highest BCUT2D eigenvalue weighted by Gasteiger charge is 2.18. The molecular formula is C51H34N4O. The summed E-state index contributed by atoms with van der Waals surface area (Å²) in [7, 11) is 0. The molecule has 0 amide bonds. The average molecular weight is 719 g/mol. The van der Waals surface area contributed by atoms with Gasteiger partial charge in [0.2, 0.25) is 0 Å². The Morgan fingerprint density at radius 1 is 0.321 bits per heavy atom. The first kappa shape index (κ1) is 33.0. The van der Waals surface area contributed by atoms with Gasteiger partial charge in [-0.2, -0.15) is 0 Å². The highest BCUT2D eigenvalue weighted by atomic mass is 16.3. The van der Waals surface area contributed by atoms with E-state index in [2.05, 4.69) is 132 Å². The molecule has 2 heterocycles. The van der Waals surface area contributed by atoms with Crippen molar-refractivity contribution in [3.63, 3.8) is 0 Å². The summed E-state index contributed by atoms with van der Waals surface area (Å²) in [5.74, 6) is 1.84. The van der Waals surface area contributed by atoms with Crippen LogP contribution in [0.15, 0.2) is 211 Å². The summed E-state index contributed by atoms with van der Waals surface area (Å²) in [4.78, 5) is 17.0. The van der Waals surface area contributed by atoms with Gasteiger partial charge in [0.25, 0.3) is 0 Å². The standard InChI is InChI=1S/C51H34N4O/c1-5-14-35(15-6-1)36-24-29-42(30-25-36)55(41-20-11-4-12-21-41)43-31-26-37(27-32-43)44-22-13-23-46-48(44)45-33-28-40(34-47(45)56-46)51-53-49(38-16-7-2-8-17-38)52-50(54-51)39-18-9-3-10-19-39/h1-34H. The summed E-state index contributed by atoms with van der Waals surface area (Å²) in [6, 6.07) is 71.1. The third-order valence-corrected chi connectivity index (χ3v) is 10.1. The average Bonchev–Trinajstić information content (AvgIpc) is 3.66. The number of nitrogens with zero attached hydrogens (tertiary/aromatic N) is 4. The first-order chi connectivity index (χ1) is 27.7. The van der Waals surface area contributed by atoms with Gasteiger partial charge in [0.05, 0.1) is 0 Å². The molecule has 0 atom stereocenters. The van der Waals surface area contributed by atoms with E-state index >= 15 is 0 Å². The minimum Gasteiger partial charge on any atom is -0.456 e. The van der Waals surface area contributed by atoms with Crippen molar-refractivity contribution >= 4 is 39.0 Å². The molecule has 2 aromatic heterocycles. The number of rotatable bonds is 8. The summed E-state index contributed by atoms with van der Waals surface area (Å²) < 4.78 is 6.55. The number of aromatic nitrogens is 3. The topological polar surface area (TPSA) is 55.1 Å². The second kappa shape index (κ2) is 14.3. The molecule has 0 saturated heterocycles. The van der Waals surface area contributed by atoms with Gasteiger partial charge in [-0.15, -0.1) is 0 Å². The van der Waals surface area contributed by atoms with Gasteiger partial charge in [0.15, 0.2) is 17.5 Å². The van der Waals surface area contributed by atoms with E-state index in [4.69, 9.17) is 19.4 Å². The van der Waals surface area contributed by atoms with Crippen LogP contribution in [0, 0.1) is 0 Å². The second-order valence-electron chi connectivity index (χ2n) is 13.7. The monoisotopic (exact) mass is 718 g/mol. The van der Waals surface area contributed by atoms with Crippen LogP contribution in [0.2, 0.25) is 0 Å². The Hall–Kier alpha value is -7.63. The second-order valence-corrected chi connectivity index (χ2v) is 13.7. The van der Waals surface area contributed by atoms with Crippen molar-refractivity contribution < 1.29 is 4.42 Å². The number of furan rings is 1. The molecule has 0 saturated carbocycles. The maximum atomic E-state index is 6.55. The third kappa shape index (κ3) is 6.27. The van der Waals surface area contributed by atoms with Crippen molar-refractivity contribution in [2.75, 3.05) is 4.90 Å². The minimum absolute atomic E-state index is 0.591. The quantitative estimate of drug-likeness (QED) is 0.157. The van der Waals surface area contributed by atoms with E-state index in [1.807, 2.05) is 78.9 Å². The zero-order valence-electron chi connectivity index (χ0n) is 30.3. The van der Waals surface area contributed by atoms with Crippen LogP contribution in [0.3, 0.4) is 0 Å². The number of hydrogen-bond acceptors (Lipinski definition) is 5. The molecule has 0 radical (unpaired) electrons. The number of hydrogen-bond donors (Lipinski definition) is 0. The van der Waals surface area contributed by atoms with Gasteiger partial charge >= 0.3 is 0 Å². The van der Waals surface area contributed by atoms with E-state index in [-0.39, 0.29) is 0 Å².